The van der Waals surface area contributed by atoms with Gasteiger partial charge in [-0.15, -0.1) is 0 Å². The Hall–Kier alpha value is -3.32. The second-order valence-corrected chi connectivity index (χ2v) is 8.34. The highest BCUT2D eigenvalue weighted by Gasteiger charge is 2.24. The molecule has 7 heteroatoms. The lowest BCUT2D eigenvalue weighted by atomic mass is 9.97. The number of nitrogens with zero attached hydrogens (tertiary/aromatic N) is 3. The molecular weight excluding hydrogens is 419 g/mol. The van der Waals surface area contributed by atoms with E-state index in [0.29, 0.717) is 30.2 Å². The predicted octanol–water partition coefficient (Wildman–Crippen LogP) is 4.11. The van der Waals surface area contributed by atoms with Crippen LogP contribution in [0.15, 0.2) is 60.8 Å². The molecule has 2 aromatic carbocycles. The summed E-state index contributed by atoms with van der Waals surface area (Å²) in [5.74, 6) is 1.26. The van der Waals surface area contributed by atoms with Crippen molar-refractivity contribution in [2.75, 3.05) is 26.2 Å². The third-order valence-electron chi connectivity index (χ3n) is 5.90. The molecule has 1 aromatic heterocycles. The summed E-state index contributed by atoms with van der Waals surface area (Å²) in [4.78, 5) is 24.2. The topological polar surface area (TPSA) is 67.3 Å². The molecule has 0 saturated carbocycles. The summed E-state index contributed by atoms with van der Waals surface area (Å²) in [6, 6.07) is 15.9. The van der Waals surface area contributed by atoms with Crippen LogP contribution in [0.2, 0.25) is 0 Å². The summed E-state index contributed by atoms with van der Waals surface area (Å²) >= 11 is 0. The zero-order chi connectivity index (χ0) is 23.0. The second-order valence-electron chi connectivity index (χ2n) is 8.34. The van der Waals surface area contributed by atoms with Crippen LogP contribution < -0.4 is 10.1 Å². The summed E-state index contributed by atoms with van der Waals surface area (Å²) in [5, 5.41) is 2.94. The van der Waals surface area contributed by atoms with Gasteiger partial charge in [-0.2, -0.15) is 0 Å². The summed E-state index contributed by atoms with van der Waals surface area (Å²) in [5.41, 5.74) is 2.25. The molecule has 4 rings (SSSR count). The van der Waals surface area contributed by atoms with Crippen LogP contribution >= 0.6 is 0 Å². The van der Waals surface area contributed by atoms with Crippen LogP contribution in [0.1, 0.15) is 46.2 Å². The number of aryl methyl sites for hydroxylation is 1. The Kier molecular flexibility index (Phi) is 7.62. The Balaban J connectivity index is 1.30. The van der Waals surface area contributed by atoms with Gasteiger partial charge in [-0.25, -0.2) is 14.4 Å². The fourth-order valence-corrected chi connectivity index (χ4v) is 4.07. The van der Waals surface area contributed by atoms with E-state index in [4.69, 9.17) is 4.74 Å². The number of hydrogen-bond acceptors (Lipinski definition) is 5. The summed E-state index contributed by atoms with van der Waals surface area (Å²) in [6.07, 6.45) is 3.73. The Bertz CT molecular complexity index is 1060. The van der Waals surface area contributed by atoms with Gasteiger partial charge in [0, 0.05) is 31.7 Å². The van der Waals surface area contributed by atoms with E-state index in [-0.39, 0.29) is 17.6 Å². The highest BCUT2D eigenvalue weighted by molar-refractivity contribution is 5.94. The molecule has 2 heterocycles. The number of amides is 1. The molecule has 1 fully saturated rings. The number of rotatable bonds is 8. The molecule has 1 aliphatic rings. The number of aromatic nitrogens is 2. The predicted molar refractivity (Wildman–Crippen MR) is 125 cm³/mol. The fraction of sp³-hybridized carbons (Fsp3) is 0.346. The van der Waals surface area contributed by atoms with Crippen molar-refractivity contribution in [3.63, 3.8) is 0 Å². The van der Waals surface area contributed by atoms with Crippen LogP contribution in [0.5, 0.6) is 5.75 Å². The summed E-state index contributed by atoms with van der Waals surface area (Å²) < 4.78 is 18.7. The van der Waals surface area contributed by atoms with Gasteiger partial charge >= 0.3 is 0 Å². The number of hydrogen-bond donors (Lipinski definition) is 1. The van der Waals surface area contributed by atoms with E-state index in [1.165, 1.54) is 12.1 Å². The SMILES string of the molecule is Cc1nc([C@H]2CCCN(CCOc3ccc(F)cc3)C2)ncc1C(=O)NCc1ccccc1. The molecule has 0 aliphatic carbocycles. The van der Waals surface area contributed by atoms with Crippen LogP contribution in [-0.4, -0.2) is 47.0 Å². The van der Waals surface area contributed by atoms with E-state index < -0.39 is 0 Å². The number of piperidine rings is 1. The zero-order valence-electron chi connectivity index (χ0n) is 18.8. The minimum Gasteiger partial charge on any atom is -0.492 e. The van der Waals surface area contributed by atoms with Gasteiger partial charge in [0.15, 0.2) is 0 Å². The van der Waals surface area contributed by atoms with Gasteiger partial charge in [-0.05, 0) is 56.1 Å². The molecule has 3 aromatic rings. The van der Waals surface area contributed by atoms with Crippen LogP contribution in [0.4, 0.5) is 4.39 Å². The first-order valence-electron chi connectivity index (χ1n) is 11.3. The van der Waals surface area contributed by atoms with Crippen LogP contribution in [0, 0.1) is 12.7 Å². The van der Waals surface area contributed by atoms with Crippen molar-refractivity contribution >= 4 is 5.91 Å². The third kappa shape index (κ3) is 6.35. The first-order chi connectivity index (χ1) is 16.1. The number of likely N-dealkylation sites (tertiary alicyclic amines) is 1. The number of benzene rings is 2. The van der Waals surface area contributed by atoms with Crippen molar-refractivity contribution in [3.8, 4) is 5.75 Å². The van der Waals surface area contributed by atoms with Gasteiger partial charge in [0.2, 0.25) is 0 Å². The standard InChI is InChI=1S/C26H29FN4O2/c1-19-24(26(32)29-16-20-6-3-2-4-7-20)17-28-25(30-19)21-8-5-13-31(18-21)14-15-33-23-11-9-22(27)10-12-23/h2-4,6-7,9-12,17,21H,5,8,13-16,18H2,1H3,(H,29,32)/t21-/m0/s1. The number of nitrogens with one attached hydrogen (secondary N) is 1. The zero-order valence-corrected chi connectivity index (χ0v) is 18.8. The first kappa shape index (κ1) is 22.9. The molecule has 1 amide bonds. The van der Waals surface area contributed by atoms with Crippen molar-refractivity contribution < 1.29 is 13.9 Å². The maximum absolute atomic E-state index is 13.0. The van der Waals surface area contributed by atoms with Crippen molar-refractivity contribution in [3.05, 3.63) is 89.3 Å². The molecule has 1 aliphatic heterocycles. The van der Waals surface area contributed by atoms with Crippen molar-refractivity contribution in [1.29, 1.82) is 0 Å². The monoisotopic (exact) mass is 448 g/mol. The molecule has 1 saturated heterocycles. The summed E-state index contributed by atoms with van der Waals surface area (Å²) in [6.45, 7) is 5.51. The van der Waals surface area contributed by atoms with Crippen molar-refractivity contribution in [2.24, 2.45) is 0 Å². The van der Waals surface area contributed by atoms with Gasteiger partial charge in [0.05, 0.1) is 11.3 Å². The van der Waals surface area contributed by atoms with E-state index >= 15 is 0 Å². The molecule has 0 spiro atoms. The largest absolute Gasteiger partial charge is 0.492 e. The number of carbonyl (C=O) groups excluding carboxylic acids is 1. The minimum atomic E-state index is -0.267. The number of halogens is 1. The Morgan fingerprint density at radius 3 is 2.73 bits per heavy atom. The van der Waals surface area contributed by atoms with Gasteiger partial charge in [-0.1, -0.05) is 30.3 Å². The van der Waals surface area contributed by atoms with Crippen molar-refractivity contribution in [1.82, 2.24) is 20.2 Å². The third-order valence-corrected chi connectivity index (χ3v) is 5.90. The lowest BCUT2D eigenvalue weighted by Crippen LogP contribution is -2.37. The molecule has 1 atom stereocenters. The van der Waals surface area contributed by atoms with E-state index in [0.717, 1.165) is 43.9 Å². The highest BCUT2D eigenvalue weighted by atomic mass is 19.1. The summed E-state index contributed by atoms with van der Waals surface area (Å²) in [7, 11) is 0. The smallest absolute Gasteiger partial charge is 0.254 e. The van der Waals surface area contributed by atoms with Gasteiger partial charge in [-0.3, -0.25) is 9.69 Å². The van der Waals surface area contributed by atoms with Crippen LogP contribution in [0.3, 0.4) is 0 Å². The molecule has 172 valence electrons. The minimum absolute atomic E-state index is 0.161. The number of ether oxygens (including phenoxy) is 1. The van der Waals surface area contributed by atoms with Crippen molar-refractivity contribution in [2.45, 2.75) is 32.2 Å². The Morgan fingerprint density at radius 2 is 1.97 bits per heavy atom. The van der Waals surface area contributed by atoms with Crippen LogP contribution in [0.25, 0.3) is 0 Å². The first-order valence-corrected chi connectivity index (χ1v) is 11.3. The molecule has 1 N–H and O–H groups in total. The second kappa shape index (κ2) is 11.0. The Morgan fingerprint density at radius 1 is 1.18 bits per heavy atom. The quantitative estimate of drug-likeness (QED) is 0.562. The number of carbonyl (C=O) groups is 1. The lowest BCUT2D eigenvalue weighted by molar-refractivity contribution is 0.0949. The van der Waals surface area contributed by atoms with E-state index in [2.05, 4.69) is 20.2 Å². The molecule has 0 unspecified atom stereocenters. The van der Waals surface area contributed by atoms with Crippen LogP contribution in [-0.2, 0) is 6.54 Å². The molecule has 6 nitrogen and oxygen atoms in total. The average Bonchev–Trinajstić information content (AvgIpc) is 2.84. The molecule has 33 heavy (non-hydrogen) atoms. The molecule has 0 bridgehead atoms. The maximum atomic E-state index is 13.0. The molecule has 0 radical (unpaired) electrons. The van der Waals surface area contributed by atoms with E-state index in [1.807, 2.05) is 37.3 Å². The van der Waals surface area contributed by atoms with Gasteiger partial charge in [0.1, 0.15) is 24.0 Å². The highest BCUT2D eigenvalue weighted by Crippen LogP contribution is 2.25. The normalized spacial score (nSPS) is 16.4. The van der Waals surface area contributed by atoms with E-state index in [9.17, 15) is 9.18 Å². The average molecular weight is 449 g/mol. The fourth-order valence-electron chi connectivity index (χ4n) is 4.07. The van der Waals surface area contributed by atoms with Gasteiger partial charge in [0.25, 0.3) is 5.91 Å². The maximum Gasteiger partial charge on any atom is 0.254 e. The molecular formula is C26H29FN4O2. The van der Waals surface area contributed by atoms with Gasteiger partial charge < -0.3 is 10.1 Å². The lowest BCUT2D eigenvalue weighted by Gasteiger charge is -2.32. The Labute approximate surface area is 193 Å². The van der Waals surface area contributed by atoms with E-state index in [1.54, 1.807) is 18.3 Å².